The average molecular weight is 239 g/mol. The Hall–Kier alpha value is -2.15. The van der Waals surface area contributed by atoms with E-state index in [9.17, 15) is 14.4 Å². The molecule has 0 aliphatic carbocycles. The summed E-state index contributed by atoms with van der Waals surface area (Å²) in [6.45, 7) is 0. The molecule has 7 heteroatoms. The quantitative estimate of drug-likeness (QED) is 0.777. The van der Waals surface area contributed by atoms with Crippen molar-refractivity contribution in [3.63, 3.8) is 0 Å². The summed E-state index contributed by atoms with van der Waals surface area (Å²) in [7, 11) is 0. The lowest BCUT2D eigenvalue weighted by atomic mass is 10.1. The molecular weight excluding hydrogens is 234 g/mol. The molecule has 0 spiro atoms. The van der Waals surface area contributed by atoms with Gasteiger partial charge in [0.15, 0.2) is 5.69 Å². The van der Waals surface area contributed by atoms with E-state index in [1.54, 1.807) is 5.38 Å². The van der Waals surface area contributed by atoms with Gasteiger partial charge in [0.1, 0.15) is 5.56 Å². The Bertz CT molecular complexity index is 592. The third-order valence-corrected chi connectivity index (χ3v) is 2.61. The molecule has 16 heavy (non-hydrogen) atoms. The SMILES string of the molecule is O=C(O)c1[nH]oc(=O)c1C(=O)c1ccsc1. The number of aromatic amines is 1. The number of carboxylic acid groups (broad SMARTS) is 1. The Morgan fingerprint density at radius 3 is 2.75 bits per heavy atom. The Kier molecular flexibility index (Phi) is 2.45. The number of thiophene rings is 1. The lowest BCUT2D eigenvalue weighted by Gasteiger charge is -1.93. The van der Waals surface area contributed by atoms with Crippen molar-refractivity contribution >= 4 is 23.1 Å². The van der Waals surface area contributed by atoms with Crippen molar-refractivity contribution in [2.24, 2.45) is 0 Å². The molecule has 2 N–H and O–H groups in total. The van der Waals surface area contributed by atoms with Crippen LogP contribution in [0.15, 0.2) is 26.1 Å². The minimum Gasteiger partial charge on any atom is -0.476 e. The molecule has 2 rings (SSSR count). The highest BCUT2D eigenvalue weighted by molar-refractivity contribution is 7.08. The van der Waals surface area contributed by atoms with E-state index in [1.165, 1.54) is 22.8 Å². The fraction of sp³-hybridized carbons (Fsp3) is 0. The highest BCUT2D eigenvalue weighted by atomic mass is 32.1. The third kappa shape index (κ3) is 1.57. The second-order valence-corrected chi connectivity index (χ2v) is 3.67. The van der Waals surface area contributed by atoms with Crippen molar-refractivity contribution in [1.82, 2.24) is 5.16 Å². The number of ketones is 1. The smallest absolute Gasteiger partial charge is 0.369 e. The van der Waals surface area contributed by atoms with Gasteiger partial charge in [-0.1, -0.05) is 0 Å². The zero-order valence-corrected chi connectivity index (χ0v) is 8.54. The standard InChI is InChI=1S/C9H5NO5S/c11-7(4-1-2-16-3-4)5-6(8(12)13)10-15-9(5)14/h1-3,10H,(H,12,13). The predicted octanol–water partition coefficient (Wildman–Crippen LogP) is 0.959. The number of H-pyrrole nitrogens is 1. The number of carbonyl (C=O) groups excluding carboxylic acids is 1. The van der Waals surface area contributed by atoms with Crippen LogP contribution in [0, 0.1) is 0 Å². The number of nitrogens with one attached hydrogen (secondary N) is 1. The van der Waals surface area contributed by atoms with E-state index >= 15 is 0 Å². The molecule has 0 saturated heterocycles. The summed E-state index contributed by atoms with van der Waals surface area (Å²) in [6, 6.07) is 1.51. The highest BCUT2D eigenvalue weighted by Gasteiger charge is 2.25. The third-order valence-electron chi connectivity index (χ3n) is 1.92. The maximum absolute atomic E-state index is 11.8. The van der Waals surface area contributed by atoms with E-state index in [2.05, 4.69) is 4.52 Å². The first-order valence-corrected chi connectivity index (χ1v) is 5.07. The molecule has 0 aliphatic rings. The van der Waals surface area contributed by atoms with Gasteiger partial charge in [0.25, 0.3) is 0 Å². The first kappa shape index (κ1) is 10.4. The van der Waals surface area contributed by atoms with Crippen LogP contribution in [0.2, 0.25) is 0 Å². The van der Waals surface area contributed by atoms with E-state index in [-0.39, 0.29) is 5.56 Å². The Balaban J connectivity index is 2.56. The maximum Gasteiger partial charge on any atom is 0.369 e. The van der Waals surface area contributed by atoms with Crippen LogP contribution in [0.1, 0.15) is 26.4 Å². The number of hydrogen-bond donors (Lipinski definition) is 2. The highest BCUT2D eigenvalue weighted by Crippen LogP contribution is 2.13. The van der Waals surface area contributed by atoms with Crippen molar-refractivity contribution in [3.05, 3.63) is 44.1 Å². The Morgan fingerprint density at radius 1 is 1.44 bits per heavy atom. The van der Waals surface area contributed by atoms with Gasteiger partial charge in [-0.2, -0.15) is 11.3 Å². The molecule has 0 unspecified atom stereocenters. The zero-order chi connectivity index (χ0) is 11.7. The largest absolute Gasteiger partial charge is 0.476 e. The molecule has 82 valence electrons. The van der Waals surface area contributed by atoms with Gasteiger partial charge in [-0.05, 0) is 11.4 Å². The van der Waals surface area contributed by atoms with E-state index < -0.39 is 28.6 Å². The van der Waals surface area contributed by atoms with Crippen LogP contribution in [0.4, 0.5) is 0 Å². The van der Waals surface area contributed by atoms with E-state index in [0.29, 0.717) is 0 Å². The first-order chi connectivity index (χ1) is 7.61. The van der Waals surface area contributed by atoms with Crippen LogP contribution in [0.5, 0.6) is 0 Å². The molecular formula is C9H5NO5S. The van der Waals surface area contributed by atoms with Crippen molar-refractivity contribution in [2.45, 2.75) is 0 Å². The Morgan fingerprint density at radius 2 is 2.19 bits per heavy atom. The zero-order valence-electron chi connectivity index (χ0n) is 7.72. The molecule has 0 fully saturated rings. The van der Waals surface area contributed by atoms with Gasteiger partial charge >= 0.3 is 11.6 Å². The second kappa shape index (κ2) is 3.78. The number of aromatic carboxylic acids is 1. The number of carboxylic acids is 1. The van der Waals surface area contributed by atoms with Gasteiger partial charge < -0.3 is 9.63 Å². The van der Waals surface area contributed by atoms with Crippen molar-refractivity contribution in [1.29, 1.82) is 0 Å². The van der Waals surface area contributed by atoms with Crippen LogP contribution in [-0.2, 0) is 0 Å². The minimum atomic E-state index is -1.41. The van der Waals surface area contributed by atoms with Crippen LogP contribution in [0.25, 0.3) is 0 Å². The molecule has 2 heterocycles. The van der Waals surface area contributed by atoms with Crippen LogP contribution < -0.4 is 5.63 Å². The lowest BCUT2D eigenvalue weighted by molar-refractivity contribution is 0.0682. The van der Waals surface area contributed by atoms with E-state index in [0.717, 1.165) is 0 Å². The monoisotopic (exact) mass is 239 g/mol. The number of hydrogen-bond acceptors (Lipinski definition) is 5. The van der Waals surface area contributed by atoms with Gasteiger partial charge in [-0.3, -0.25) is 4.79 Å². The summed E-state index contributed by atoms with van der Waals surface area (Å²) in [5.41, 5.74) is -1.72. The Labute approximate surface area is 92.1 Å². The lowest BCUT2D eigenvalue weighted by Crippen LogP contribution is -2.15. The minimum absolute atomic E-state index is 0.263. The summed E-state index contributed by atoms with van der Waals surface area (Å²) >= 11 is 1.27. The molecule has 6 nitrogen and oxygen atoms in total. The summed E-state index contributed by atoms with van der Waals surface area (Å²) < 4.78 is 4.30. The molecule has 0 atom stereocenters. The normalized spacial score (nSPS) is 10.2. The van der Waals surface area contributed by atoms with Crippen LogP contribution in [0.3, 0.4) is 0 Å². The first-order valence-electron chi connectivity index (χ1n) is 4.13. The van der Waals surface area contributed by atoms with Gasteiger partial charge in [0.05, 0.1) is 0 Å². The summed E-state index contributed by atoms with van der Waals surface area (Å²) in [5, 5.41) is 13.8. The number of rotatable bonds is 3. The number of carbonyl (C=O) groups is 2. The summed E-state index contributed by atoms with van der Waals surface area (Å²) in [4.78, 5) is 33.7. The fourth-order valence-electron chi connectivity index (χ4n) is 1.20. The van der Waals surface area contributed by atoms with Crippen molar-refractivity contribution in [3.8, 4) is 0 Å². The van der Waals surface area contributed by atoms with E-state index in [1.807, 2.05) is 5.16 Å². The topological polar surface area (TPSA) is 100 Å². The van der Waals surface area contributed by atoms with Crippen molar-refractivity contribution in [2.75, 3.05) is 0 Å². The second-order valence-electron chi connectivity index (χ2n) is 2.89. The fourth-order valence-corrected chi connectivity index (χ4v) is 1.83. The van der Waals surface area contributed by atoms with Gasteiger partial charge in [-0.15, -0.1) is 0 Å². The molecule has 2 aromatic heterocycles. The molecule has 0 amide bonds. The van der Waals surface area contributed by atoms with Gasteiger partial charge in [0.2, 0.25) is 5.78 Å². The average Bonchev–Trinajstić information content (AvgIpc) is 2.84. The van der Waals surface area contributed by atoms with Gasteiger partial charge in [0, 0.05) is 10.9 Å². The van der Waals surface area contributed by atoms with Gasteiger partial charge in [-0.25, -0.2) is 14.7 Å². The predicted molar refractivity (Wildman–Crippen MR) is 54.0 cm³/mol. The number of aromatic nitrogens is 1. The molecule has 2 aromatic rings. The summed E-state index contributed by atoms with van der Waals surface area (Å²) in [5.74, 6) is -2.07. The summed E-state index contributed by atoms with van der Waals surface area (Å²) in [6.07, 6.45) is 0. The van der Waals surface area contributed by atoms with Crippen LogP contribution >= 0.6 is 11.3 Å². The van der Waals surface area contributed by atoms with Crippen molar-refractivity contribution < 1.29 is 19.2 Å². The van der Waals surface area contributed by atoms with E-state index in [4.69, 9.17) is 5.11 Å². The maximum atomic E-state index is 11.8. The van der Waals surface area contributed by atoms with Crippen LogP contribution in [-0.4, -0.2) is 22.0 Å². The molecule has 0 radical (unpaired) electrons. The molecule has 0 aliphatic heterocycles. The molecule has 0 saturated carbocycles. The molecule has 0 bridgehead atoms. The molecule has 0 aromatic carbocycles.